The van der Waals surface area contributed by atoms with Gasteiger partial charge in [-0.05, 0) is 32.1 Å². The fourth-order valence-corrected chi connectivity index (χ4v) is 3.17. The number of thioether (sulfide) groups is 1. The number of likely N-dealkylation sites (tertiary alicyclic amines) is 1. The molecule has 2 heterocycles. The van der Waals surface area contributed by atoms with Gasteiger partial charge in [0.25, 0.3) is 0 Å². The maximum atomic E-state index is 14.0. The number of hydrogen-bond donors (Lipinski definition) is 1. The molecule has 2 rings (SSSR count). The lowest BCUT2D eigenvalue weighted by atomic mass is 10.1. The lowest BCUT2D eigenvalue weighted by Crippen LogP contribution is -2.39. The summed E-state index contributed by atoms with van der Waals surface area (Å²) in [7, 11) is 0. The molecule has 0 aromatic carbocycles. The number of halogens is 1. The van der Waals surface area contributed by atoms with Crippen molar-refractivity contribution >= 4 is 23.6 Å². The molecule has 1 fully saturated rings. The summed E-state index contributed by atoms with van der Waals surface area (Å²) < 4.78 is 14.0. The molecule has 0 saturated carbocycles. The van der Waals surface area contributed by atoms with Crippen LogP contribution >= 0.6 is 11.8 Å². The molecule has 1 saturated heterocycles. The smallest absolute Gasteiger partial charge is 0.343 e. The van der Waals surface area contributed by atoms with Crippen LogP contribution in [0.25, 0.3) is 0 Å². The van der Waals surface area contributed by atoms with E-state index in [4.69, 9.17) is 5.11 Å². The SMILES string of the molecule is CSc1nc(C)c(CCC(=O)N2CCC(F)(C(=O)O)C2)c(C)n1. The van der Waals surface area contributed by atoms with Crippen LogP contribution in [0.4, 0.5) is 4.39 Å². The van der Waals surface area contributed by atoms with Crippen molar-refractivity contribution in [2.45, 2.75) is 43.9 Å². The highest BCUT2D eigenvalue weighted by atomic mass is 32.2. The molecule has 1 aromatic rings. The Hall–Kier alpha value is -1.70. The van der Waals surface area contributed by atoms with Crippen LogP contribution in [0.5, 0.6) is 0 Å². The Morgan fingerprint density at radius 3 is 2.43 bits per heavy atom. The number of aliphatic carboxylic acids is 1. The molecule has 1 aliphatic heterocycles. The van der Waals surface area contributed by atoms with Crippen molar-refractivity contribution in [2.75, 3.05) is 19.3 Å². The van der Waals surface area contributed by atoms with Crippen LogP contribution in [0, 0.1) is 13.8 Å². The van der Waals surface area contributed by atoms with Gasteiger partial charge in [0, 0.05) is 30.8 Å². The first-order valence-electron chi connectivity index (χ1n) is 7.35. The number of carbonyl (C=O) groups is 2. The number of alkyl halides is 1. The standard InChI is InChI=1S/C15H20FN3O3S/c1-9-11(10(2)18-14(17-9)23-3)4-5-12(20)19-7-6-15(16,8-19)13(21)22/h4-8H2,1-3H3,(H,21,22). The van der Waals surface area contributed by atoms with Crippen LogP contribution in [-0.4, -0.2) is 56.9 Å². The molecule has 126 valence electrons. The van der Waals surface area contributed by atoms with E-state index in [1.807, 2.05) is 20.1 Å². The summed E-state index contributed by atoms with van der Waals surface area (Å²) in [6.45, 7) is 3.52. The number of amides is 1. The van der Waals surface area contributed by atoms with E-state index in [1.54, 1.807) is 0 Å². The lowest BCUT2D eigenvalue weighted by Gasteiger charge is -2.18. The molecule has 0 spiro atoms. The molecule has 8 heteroatoms. The van der Waals surface area contributed by atoms with Crippen molar-refractivity contribution in [1.29, 1.82) is 0 Å². The van der Waals surface area contributed by atoms with E-state index in [2.05, 4.69) is 9.97 Å². The molecule has 1 atom stereocenters. The second-order valence-corrected chi connectivity index (χ2v) is 6.47. The highest BCUT2D eigenvalue weighted by Crippen LogP contribution is 2.27. The van der Waals surface area contributed by atoms with E-state index in [-0.39, 0.29) is 31.8 Å². The van der Waals surface area contributed by atoms with E-state index in [1.165, 1.54) is 16.7 Å². The first-order chi connectivity index (χ1) is 10.8. The Morgan fingerprint density at radius 1 is 1.35 bits per heavy atom. The molecule has 1 aliphatic rings. The third-order valence-electron chi connectivity index (χ3n) is 4.13. The van der Waals surface area contributed by atoms with Gasteiger partial charge in [0.1, 0.15) is 0 Å². The zero-order valence-electron chi connectivity index (χ0n) is 13.4. The average Bonchev–Trinajstić information content (AvgIpc) is 2.90. The normalized spacial score (nSPS) is 20.8. The van der Waals surface area contributed by atoms with Crippen LogP contribution < -0.4 is 0 Å². The molecule has 6 nitrogen and oxygen atoms in total. The minimum absolute atomic E-state index is 0.140. The average molecular weight is 341 g/mol. The molecular weight excluding hydrogens is 321 g/mol. The summed E-state index contributed by atoms with van der Waals surface area (Å²) in [5.74, 6) is -1.74. The van der Waals surface area contributed by atoms with Gasteiger partial charge in [0.05, 0.1) is 6.54 Å². The minimum Gasteiger partial charge on any atom is -0.479 e. The van der Waals surface area contributed by atoms with E-state index in [9.17, 15) is 14.0 Å². The number of carbonyl (C=O) groups excluding carboxylic acids is 1. The first-order valence-corrected chi connectivity index (χ1v) is 8.57. The highest BCUT2D eigenvalue weighted by Gasteiger charge is 2.46. The van der Waals surface area contributed by atoms with Crippen LogP contribution in [0.1, 0.15) is 29.8 Å². The summed E-state index contributed by atoms with van der Waals surface area (Å²) in [5.41, 5.74) is 0.271. The van der Waals surface area contributed by atoms with Gasteiger partial charge in [-0.2, -0.15) is 0 Å². The summed E-state index contributed by atoms with van der Waals surface area (Å²) in [6, 6.07) is 0. The van der Waals surface area contributed by atoms with Crippen molar-refractivity contribution < 1.29 is 19.1 Å². The molecule has 0 aliphatic carbocycles. The van der Waals surface area contributed by atoms with Crippen LogP contribution in [-0.2, 0) is 16.0 Å². The van der Waals surface area contributed by atoms with E-state index < -0.39 is 11.6 Å². The van der Waals surface area contributed by atoms with E-state index in [0.29, 0.717) is 11.6 Å². The second-order valence-electron chi connectivity index (χ2n) is 5.70. The van der Waals surface area contributed by atoms with Crippen molar-refractivity contribution in [3.05, 3.63) is 17.0 Å². The number of aryl methyl sites for hydroxylation is 2. The maximum absolute atomic E-state index is 14.0. The Balaban J connectivity index is 1.99. The van der Waals surface area contributed by atoms with Crippen molar-refractivity contribution in [3.8, 4) is 0 Å². The molecule has 1 amide bonds. The fraction of sp³-hybridized carbons (Fsp3) is 0.600. The summed E-state index contributed by atoms with van der Waals surface area (Å²) in [5, 5.41) is 9.56. The van der Waals surface area contributed by atoms with Crippen LogP contribution in [0.15, 0.2) is 5.16 Å². The monoisotopic (exact) mass is 341 g/mol. The van der Waals surface area contributed by atoms with Crippen LogP contribution in [0.3, 0.4) is 0 Å². The molecule has 0 bridgehead atoms. The van der Waals surface area contributed by atoms with Crippen molar-refractivity contribution in [3.63, 3.8) is 0 Å². The minimum atomic E-state index is -2.31. The Labute approximate surface area is 138 Å². The third kappa shape index (κ3) is 3.80. The van der Waals surface area contributed by atoms with Gasteiger partial charge in [0.15, 0.2) is 5.16 Å². The van der Waals surface area contributed by atoms with Gasteiger partial charge in [-0.3, -0.25) is 4.79 Å². The molecule has 1 unspecified atom stereocenters. The predicted octanol–water partition coefficient (Wildman–Crippen LogP) is 1.77. The summed E-state index contributed by atoms with van der Waals surface area (Å²) in [4.78, 5) is 33.1. The highest BCUT2D eigenvalue weighted by molar-refractivity contribution is 7.98. The van der Waals surface area contributed by atoms with E-state index in [0.717, 1.165) is 17.0 Å². The van der Waals surface area contributed by atoms with Gasteiger partial charge in [-0.25, -0.2) is 19.2 Å². The van der Waals surface area contributed by atoms with Gasteiger partial charge >= 0.3 is 5.97 Å². The Bertz CT molecular complexity index is 617. The van der Waals surface area contributed by atoms with Crippen LogP contribution in [0.2, 0.25) is 0 Å². The number of aromatic nitrogens is 2. The number of rotatable bonds is 5. The Kier molecular flexibility index (Phi) is 5.23. The number of carboxylic acids is 1. The maximum Gasteiger partial charge on any atom is 0.343 e. The van der Waals surface area contributed by atoms with Gasteiger partial charge in [-0.1, -0.05) is 11.8 Å². The topological polar surface area (TPSA) is 83.4 Å². The van der Waals surface area contributed by atoms with Crippen molar-refractivity contribution in [2.24, 2.45) is 0 Å². The largest absolute Gasteiger partial charge is 0.479 e. The molecule has 0 radical (unpaired) electrons. The second kappa shape index (κ2) is 6.82. The number of nitrogens with zero attached hydrogens (tertiary/aromatic N) is 3. The van der Waals surface area contributed by atoms with Gasteiger partial charge < -0.3 is 10.0 Å². The summed E-state index contributed by atoms with van der Waals surface area (Å²) >= 11 is 1.46. The molecule has 1 aromatic heterocycles. The van der Waals surface area contributed by atoms with E-state index >= 15 is 0 Å². The number of hydrogen-bond acceptors (Lipinski definition) is 5. The Morgan fingerprint density at radius 2 is 1.96 bits per heavy atom. The van der Waals surface area contributed by atoms with Crippen molar-refractivity contribution in [1.82, 2.24) is 14.9 Å². The fourth-order valence-electron chi connectivity index (χ4n) is 2.71. The zero-order valence-corrected chi connectivity index (χ0v) is 14.2. The predicted molar refractivity (Wildman–Crippen MR) is 84.3 cm³/mol. The molecular formula is C15H20FN3O3S. The zero-order chi connectivity index (χ0) is 17.2. The van der Waals surface area contributed by atoms with Gasteiger partial charge in [-0.15, -0.1) is 0 Å². The summed E-state index contributed by atoms with van der Waals surface area (Å²) in [6.07, 6.45) is 2.40. The lowest BCUT2D eigenvalue weighted by molar-refractivity contribution is -0.150. The number of carboxylic acid groups (broad SMARTS) is 1. The quantitative estimate of drug-likeness (QED) is 0.649. The molecule has 23 heavy (non-hydrogen) atoms. The molecule has 1 N–H and O–H groups in total. The first kappa shape index (κ1) is 17.7. The third-order valence-corrected chi connectivity index (χ3v) is 4.67. The van der Waals surface area contributed by atoms with Gasteiger partial charge in [0.2, 0.25) is 11.6 Å².